The first kappa shape index (κ1) is 13.1. The molecule has 0 spiro atoms. The Morgan fingerprint density at radius 1 is 1.53 bits per heavy atom. The fraction of sp³-hybridized carbons (Fsp3) is 1.00. The van der Waals surface area contributed by atoms with Crippen molar-refractivity contribution in [3.05, 3.63) is 0 Å². The molecular formula is C9H17F3N2S. The van der Waals surface area contributed by atoms with Crippen molar-refractivity contribution in [1.29, 1.82) is 0 Å². The highest BCUT2D eigenvalue weighted by Gasteiger charge is 2.39. The first-order chi connectivity index (χ1) is 6.93. The molecule has 6 heteroatoms. The normalized spacial score (nSPS) is 26.6. The molecule has 0 bridgehead atoms. The van der Waals surface area contributed by atoms with Crippen molar-refractivity contribution in [1.82, 2.24) is 4.90 Å². The number of rotatable bonds is 3. The van der Waals surface area contributed by atoms with Gasteiger partial charge in [0.25, 0.3) is 0 Å². The summed E-state index contributed by atoms with van der Waals surface area (Å²) in [5.41, 5.74) is 5.16. The number of nitrogens with two attached hydrogens (primary N) is 1. The molecule has 1 rings (SSSR count). The molecule has 0 aromatic rings. The molecule has 1 aliphatic rings. The van der Waals surface area contributed by atoms with E-state index >= 15 is 0 Å². The van der Waals surface area contributed by atoms with Crippen molar-refractivity contribution in [2.45, 2.75) is 18.3 Å². The molecule has 0 aliphatic carbocycles. The van der Waals surface area contributed by atoms with Crippen LogP contribution in [-0.2, 0) is 0 Å². The van der Waals surface area contributed by atoms with E-state index in [1.165, 1.54) is 0 Å². The maximum atomic E-state index is 12.5. The maximum absolute atomic E-state index is 12.5. The van der Waals surface area contributed by atoms with Gasteiger partial charge >= 0.3 is 6.18 Å². The second kappa shape index (κ2) is 5.41. The van der Waals surface area contributed by atoms with Crippen LogP contribution in [0.15, 0.2) is 0 Å². The fourth-order valence-corrected chi connectivity index (χ4v) is 2.76. The molecule has 1 saturated heterocycles. The molecule has 1 heterocycles. The van der Waals surface area contributed by atoms with Gasteiger partial charge in [-0.3, -0.25) is 0 Å². The molecule has 0 radical (unpaired) electrons. The summed E-state index contributed by atoms with van der Waals surface area (Å²) >= 11 is 1.81. The van der Waals surface area contributed by atoms with E-state index in [9.17, 15) is 13.2 Å². The van der Waals surface area contributed by atoms with Gasteiger partial charge < -0.3 is 10.6 Å². The molecule has 0 saturated carbocycles. The van der Waals surface area contributed by atoms with Crippen LogP contribution in [0, 0.1) is 5.92 Å². The van der Waals surface area contributed by atoms with Gasteiger partial charge in [-0.25, -0.2) is 0 Å². The highest BCUT2D eigenvalue weighted by Crippen LogP contribution is 2.27. The van der Waals surface area contributed by atoms with Crippen LogP contribution in [0.2, 0.25) is 0 Å². The molecule has 0 aromatic carbocycles. The number of thioether (sulfide) groups is 1. The van der Waals surface area contributed by atoms with E-state index in [2.05, 4.69) is 0 Å². The van der Waals surface area contributed by atoms with Gasteiger partial charge in [0, 0.05) is 37.2 Å². The fourth-order valence-electron chi connectivity index (χ4n) is 1.68. The Kier molecular flexibility index (Phi) is 4.73. The average molecular weight is 242 g/mol. The van der Waals surface area contributed by atoms with Gasteiger partial charge in [0.1, 0.15) is 0 Å². The summed E-state index contributed by atoms with van der Waals surface area (Å²) in [6, 6.07) is 0. The Morgan fingerprint density at radius 3 is 2.67 bits per heavy atom. The van der Waals surface area contributed by atoms with Crippen LogP contribution in [0.1, 0.15) is 6.92 Å². The maximum Gasteiger partial charge on any atom is 0.394 e. The largest absolute Gasteiger partial charge is 0.394 e. The van der Waals surface area contributed by atoms with E-state index in [1.807, 2.05) is 23.6 Å². The number of nitrogens with zero attached hydrogens (tertiary/aromatic N) is 1. The third-order valence-corrected chi connectivity index (χ3v) is 3.69. The summed E-state index contributed by atoms with van der Waals surface area (Å²) in [6.45, 7) is 3.24. The van der Waals surface area contributed by atoms with E-state index in [4.69, 9.17) is 5.73 Å². The van der Waals surface area contributed by atoms with Gasteiger partial charge in [0.2, 0.25) is 0 Å². The Balaban J connectivity index is 2.44. The van der Waals surface area contributed by atoms with Crippen molar-refractivity contribution >= 4 is 11.8 Å². The summed E-state index contributed by atoms with van der Waals surface area (Å²) in [6.07, 6.45) is -4.16. The summed E-state index contributed by atoms with van der Waals surface area (Å²) in [5, 5.41) is 0.422. The van der Waals surface area contributed by atoms with Gasteiger partial charge in [0.05, 0.1) is 5.92 Å². The number of hydrogen-bond donors (Lipinski definition) is 1. The first-order valence-corrected chi connectivity index (χ1v) is 6.09. The molecule has 2 N–H and O–H groups in total. The van der Waals surface area contributed by atoms with Crippen LogP contribution in [0.4, 0.5) is 13.2 Å². The standard InChI is InChI=1S/C9H17F3N2S/c1-7-5-14(2-3-15-7)6-8(4-13)9(10,11)12/h7-8H,2-6,13H2,1H3. The summed E-state index contributed by atoms with van der Waals surface area (Å²) in [7, 11) is 0. The van der Waals surface area contributed by atoms with Gasteiger partial charge in [0.15, 0.2) is 0 Å². The number of halogens is 3. The smallest absolute Gasteiger partial charge is 0.330 e. The zero-order valence-corrected chi connectivity index (χ0v) is 9.57. The Hall–Kier alpha value is 0.0600. The molecular weight excluding hydrogens is 225 g/mol. The minimum absolute atomic E-state index is 0.0465. The molecule has 2 nitrogen and oxygen atoms in total. The lowest BCUT2D eigenvalue weighted by Crippen LogP contribution is -2.45. The van der Waals surface area contributed by atoms with Crippen molar-refractivity contribution in [3.63, 3.8) is 0 Å². The Labute approximate surface area is 92.4 Å². The summed E-state index contributed by atoms with van der Waals surface area (Å²) in [5.74, 6) is -0.469. The second-order valence-corrected chi connectivity index (χ2v) is 5.46. The minimum Gasteiger partial charge on any atom is -0.330 e. The van der Waals surface area contributed by atoms with Crippen molar-refractivity contribution in [2.75, 3.05) is 31.9 Å². The lowest BCUT2D eigenvalue weighted by Gasteiger charge is -2.33. The molecule has 0 aromatic heterocycles. The second-order valence-electron chi connectivity index (χ2n) is 3.92. The summed E-state index contributed by atoms with van der Waals surface area (Å²) < 4.78 is 37.4. The van der Waals surface area contributed by atoms with E-state index in [-0.39, 0.29) is 13.1 Å². The van der Waals surface area contributed by atoms with E-state index < -0.39 is 12.1 Å². The predicted molar refractivity (Wildman–Crippen MR) is 57.0 cm³/mol. The molecule has 90 valence electrons. The van der Waals surface area contributed by atoms with Crippen molar-refractivity contribution in [2.24, 2.45) is 11.7 Å². The molecule has 1 aliphatic heterocycles. The molecule has 2 atom stereocenters. The zero-order chi connectivity index (χ0) is 11.5. The zero-order valence-electron chi connectivity index (χ0n) is 8.76. The van der Waals surface area contributed by atoms with Gasteiger partial charge in [-0.05, 0) is 0 Å². The highest BCUT2D eigenvalue weighted by molar-refractivity contribution is 7.99. The van der Waals surface area contributed by atoms with Crippen LogP contribution < -0.4 is 5.73 Å². The summed E-state index contributed by atoms with van der Waals surface area (Å²) in [4.78, 5) is 1.87. The van der Waals surface area contributed by atoms with Gasteiger partial charge in [-0.1, -0.05) is 6.92 Å². The number of alkyl halides is 3. The Morgan fingerprint density at radius 2 is 2.20 bits per heavy atom. The molecule has 1 fully saturated rings. The van der Waals surface area contributed by atoms with E-state index in [0.29, 0.717) is 5.25 Å². The lowest BCUT2D eigenvalue weighted by atomic mass is 10.1. The predicted octanol–water partition coefficient (Wildman–Crippen LogP) is 1.56. The van der Waals surface area contributed by atoms with Crippen LogP contribution >= 0.6 is 11.8 Å². The first-order valence-electron chi connectivity index (χ1n) is 5.04. The quantitative estimate of drug-likeness (QED) is 0.814. The average Bonchev–Trinajstić information content (AvgIpc) is 2.12. The van der Waals surface area contributed by atoms with Crippen LogP contribution in [0.3, 0.4) is 0 Å². The van der Waals surface area contributed by atoms with E-state index in [1.54, 1.807) is 0 Å². The van der Waals surface area contributed by atoms with Gasteiger partial charge in [-0.2, -0.15) is 24.9 Å². The topological polar surface area (TPSA) is 29.3 Å². The lowest BCUT2D eigenvalue weighted by molar-refractivity contribution is -0.176. The highest BCUT2D eigenvalue weighted by atomic mass is 32.2. The third kappa shape index (κ3) is 4.20. The third-order valence-electron chi connectivity index (χ3n) is 2.55. The SMILES string of the molecule is CC1CN(CC(CN)C(F)(F)F)CCS1. The van der Waals surface area contributed by atoms with Crippen molar-refractivity contribution in [3.8, 4) is 0 Å². The molecule has 15 heavy (non-hydrogen) atoms. The van der Waals surface area contributed by atoms with Gasteiger partial charge in [-0.15, -0.1) is 0 Å². The minimum atomic E-state index is -4.16. The molecule has 0 amide bonds. The Bertz CT molecular complexity index is 198. The number of hydrogen-bond acceptors (Lipinski definition) is 3. The molecule has 2 unspecified atom stereocenters. The van der Waals surface area contributed by atoms with Crippen LogP contribution in [0.5, 0.6) is 0 Å². The van der Waals surface area contributed by atoms with Crippen LogP contribution in [-0.4, -0.2) is 48.3 Å². The van der Waals surface area contributed by atoms with E-state index in [0.717, 1.165) is 18.8 Å². The monoisotopic (exact) mass is 242 g/mol. The van der Waals surface area contributed by atoms with Crippen LogP contribution in [0.25, 0.3) is 0 Å². The van der Waals surface area contributed by atoms with Crippen molar-refractivity contribution < 1.29 is 13.2 Å².